The quantitative estimate of drug-likeness (QED) is 0.638. The second-order valence-electron chi connectivity index (χ2n) is 7.33. The van der Waals surface area contributed by atoms with Crippen molar-refractivity contribution in [3.8, 4) is 0 Å². The van der Waals surface area contributed by atoms with Crippen molar-refractivity contribution in [2.75, 3.05) is 13.1 Å². The molecule has 2 atom stereocenters. The molecule has 23 heavy (non-hydrogen) atoms. The van der Waals surface area contributed by atoms with E-state index in [2.05, 4.69) is 74.5 Å². The van der Waals surface area contributed by atoms with Crippen molar-refractivity contribution in [2.24, 2.45) is 11.8 Å². The minimum Gasteiger partial charge on any atom is -0.316 e. The summed E-state index contributed by atoms with van der Waals surface area (Å²) < 4.78 is 1.23. The Balaban J connectivity index is 1.87. The molecule has 0 aliphatic carbocycles. The molecule has 2 unspecified atom stereocenters. The zero-order valence-corrected chi connectivity index (χ0v) is 14.6. The summed E-state index contributed by atoms with van der Waals surface area (Å²) in [4.78, 5) is 0. The van der Waals surface area contributed by atoms with Crippen molar-refractivity contribution in [2.45, 2.75) is 39.8 Å². The predicted molar refractivity (Wildman–Crippen MR) is 97.8 cm³/mol. The molecule has 3 rings (SSSR count). The highest BCUT2D eigenvalue weighted by molar-refractivity contribution is 5.15. The first-order valence-electron chi connectivity index (χ1n) is 9.17. The highest BCUT2D eigenvalue weighted by Gasteiger charge is 2.43. The zero-order chi connectivity index (χ0) is 16.1. The van der Waals surface area contributed by atoms with Gasteiger partial charge in [0.15, 0.2) is 0 Å². The third-order valence-electron chi connectivity index (χ3n) is 5.68. The maximum Gasteiger partial charge on any atom is 0.105 e. The lowest BCUT2D eigenvalue weighted by Crippen LogP contribution is -2.44. The highest BCUT2D eigenvalue weighted by atomic mass is 15.4. The van der Waals surface area contributed by atoms with Gasteiger partial charge in [0, 0.05) is 23.0 Å². The van der Waals surface area contributed by atoms with Crippen LogP contribution in [0.1, 0.15) is 37.8 Å². The second-order valence-corrected chi connectivity index (χ2v) is 7.33. The molecular weight excluding hydrogens is 278 g/mol. The second kappa shape index (κ2) is 7.31. The maximum atomic E-state index is 2.37. The lowest BCUT2D eigenvalue weighted by Gasteiger charge is -2.35. The topological polar surface area (TPSA) is 0 Å². The van der Waals surface area contributed by atoms with E-state index in [1.807, 2.05) is 0 Å². The molecule has 0 N–H and O–H groups in total. The first kappa shape index (κ1) is 16.3. The van der Waals surface area contributed by atoms with Crippen LogP contribution in [0.3, 0.4) is 0 Å². The van der Waals surface area contributed by atoms with Crippen LogP contribution in [-0.4, -0.2) is 17.6 Å². The van der Waals surface area contributed by atoms with Crippen LogP contribution in [0.2, 0.25) is 0 Å². The summed E-state index contributed by atoms with van der Waals surface area (Å²) in [6, 6.07) is 22.2. The normalized spacial score (nSPS) is 23.0. The fourth-order valence-corrected chi connectivity index (χ4v) is 4.55. The van der Waals surface area contributed by atoms with E-state index in [-0.39, 0.29) is 0 Å². The molecule has 1 nitrogen and oxygen atoms in total. The van der Waals surface area contributed by atoms with Gasteiger partial charge in [-0.15, -0.1) is 0 Å². The van der Waals surface area contributed by atoms with Crippen molar-refractivity contribution in [1.82, 2.24) is 0 Å². The van der Waals surface area contributed by atoms with E-state index in [4.69, 9.17) is 0 Å². The molecule has 1 aliphatic rings. The van der Waals surface area contributed by atoms with Crippen molar-refractivity contribution in [3.05, 3.63) is 71.8 Å². The molecule has 0 saturated carbocycles. The van der Waals surface area contributed by atoms with Crippen molar-refractivity contribution >= 4 is 0 Å². The van der Waals surface area contributed by atoms with Gasteiger partial charge in [0.05, 0.1) is 13.1 Å². The van der Waals surface area contributed by atoms with Crippen molar-refractivity contribution < 1.29 is 4.48 Å². The average molecular weight is 308 g/mol. The monoisotopic (exact) mass is 308 g/mol. The fraction of sp³-hybridized carbons (Fsp3) is 0.455. The first-order chi connectivity index (χ1) is 11.2. The van der Waals surface area contributed by atoms with Gasteiger partial charge in [-0.05, 0) is 12.8 Å². The fourth-order valence-electron chi connectivity index (χ4n) is 4.55. The number of benzene rings is 2. The van der Waals surface area contributed by atoms with Crippen LogP contribution in [-0.2, 0) is 13.1 Å². The van der Waals surface area contributed by atoms with E-state index < -0.39 is 0 Å². The Bertz CT molecular complexity index is 534. The molecule has 1 heterocycles. The van der Waals surface area contributed by atoms with E-state index in [1.165, 1.54) is 54.6 Å². The molecule has 0 spiro atoms. The Morgan fingerprint density at radius 2 is 1.09 bits per heavy atom. The SMILES string of the molecule is CCC1C[N+](Cc2ccccc2)(Cc2ccccc2)CC1CC. The highest BCUT2D eigenvalue weighted by Crippen LogP contribution is 2.37. The molecule has 2 aromatic rings. The summed E-state index contributed by atoms with van der Waals surface area (Å²) in [5.74, 6) is 1.76. The molecular formula is C22H30N+. The lowest BCUT2D eigenvalue weighted by molar-refractivity contribution is -0.945. The van der Waals surface area contributed by atoms with Crippen LogP contribution in [0.15, 0.2) is 60.7 Å². The number of likely N-dealkylation sites (tertiary alicyclic amines) is 1. The molecule has 0 bridgehead atoms. The molecule has 0 aromatic heterocycles. The summed E-state index contributed by atoms with van der Waals surface area (Å²) in [6.07, 6.45) is 2.64. The van der Waals surface area contributed by atoms with Gasteiger partial charge in [-0.2, -0.15) is 0 Å². The van der Waals surface area contributed by atoms with Crippen LogP contribution in [0.25, 0.3) is 0 Å². The minimum absolute atomic E-state index is 0.882. The van der Waals surface area contributed by atoms with Crippen LogP contribution in [0, 0.1) is 11.8 Å². The van der Waals surface area contributed by atoms with Crippen LogP contribution < -0.4 is 0 Å². The smallest absolute Gasteiger partial charge is 0.105 e. The van der Waals surface area contributed by atoms with Gasteiger partial charge in [0.25, 0.3) is 0 Å². The van der Waals surface area contributed by atoms with E-state index >= 15 is 0 Å². The summed E-state index contributed by atoms with van der Waals surface area (Å²) in [5, 5.41) is 0. The predicted octanol–water partition coefficient (Wildman–Crippen LogP) is 5.27. The number of hydrogen-bond donors (Lipinski definition) is 0. The molecule has 1 aliphatic heterocycles. The Labute approximate surface area is 141 Å². The van der Waals surface area contributed by atoms with Gasteiger partial charge in [-0.3, -0.25) is 0 Å². The summed E-state index contributed by atoms with van der Waals surface area (Å²) in [7, 11) is 0. The Morgan fingerprint density at radius 3 is 1.43 bits per heavy atom. The third kappa shape index (κ3) is 3.84. The Kier molecular flexibility index (Phi) is 5.17. The lowest BCUT2D eigenvalue weighted by atomic mass is 9.92. The van der Waals surface area contributed by atoms with Crippen molar-refractivity contribution in [3.63, 3.8) is 0 Å². The van der Waals surface area contributed by atoms with Gasteiger partial charge in [0.2, 0.25) is 0 Å². The minimum atomic E-state index is 0.882. The molecule has 1 heteroatoms. The maximum absolute atomic E-state index is 2.37. The average Bonchev–Trinajstić information content (AvgIpc) is 2.94. The van der Waals surface area contributed by atoms with Crippen molar-refractivity contribution in [1.29, 1.82) is 0 Å². The Hall–Kier alpha value is -1.60. The summed E-state index contributed by atoms with van der Waals surface area (Å²) in [6.45, 7) is 9.75. The Morgan fingerprint density at radius 1 is 0.696 bits per heavy atom. The largest absolute Gasteiger partial charge is 0.316 e. The van der Waals surface area contributed by atoms with Gasteiger partial charge in [-0.25, -0.2) is 0 Å². The number of nitrogens with zero attached hydrogens (tertiary/aromatic N) is 1. The standard InChI is InChI=1S/C22H30N/c1-3-21-17-23(18-22(21)4-2,15-19-11-7-5-8-12-19)16-20-13-9-6-10-14-20/h5-14,21-22H,3-4,15-18H2,1-2H3/q+1. The van der Waals surface area contributed by atoms with E-state index in [0.29, 0.717) is 0 Å². The number of quaternary nitrogens is 1. The number of rotatable bonds is 6. The van der Waals surface area contributed by atoms with Crippen LogP contribution in [0.5, 0.6) is 0 Å². The molecule has 1 saturated heterocycles. The zero-order valence-electron chi connectivity index (χ0n) is 14.6. The van der Waals surface area contributed by atoms with Gasteiger partial charge in [-0.1, -0.05) is 74.5 Å². The summed E-state index contributed by atoms with van der Waals surface area (Å²) >= 11 is 0. The molecule has 122 valence electrons. The van der Waals surface area contributed by atoms with E-state index in [9.17, 15) is 0 Å². The van der Waals surface area contributed by atoms with Gasteiger partial charge >= 0.3 is 0 Å². The van der Waals surface area contributed by atoms with Gasteiger partial charge < -0.3 is 4.48 Å². The van der Waals surface area contributed by atoms with Gasteiger partial charge in [0.1, 0.15) is 13.1 Å². The first-order valence-corrected chi connectivity index (χ1v) is 9.17. The van der Waals surface area contributed by atoms with Crippen LogP contribution >= 0.6 is 0 Å². The molecule has 2 aromatic carbocycles. The van der Waals surface area contributed by atoms with E-state index in [0.717, 1.165) is 11.8 Å². The van der Waals surface area contributed by atoms with Crippen LogP contribution in [0.4, 0.5) is 0 Å². The molecule has 0 amide bonds. The summed E-state index contributed by atoms with van der Waals surface area (Å²) in [5.41, 5.74) is 2.96. The number of hydrogen-bond acceptors (Lipinski definition) is 0. The van der Waals surface area contributed by atoms with E-state index in [1.54, 1.807) is 0 Å². The third-order valence-corrected chi connectivity index (χ3v) is 5.68. The molecule has 0 radical (unpaired) electrons. The molecule has 1 fully saturated rings.